The van der Waals surface area contributed by atoms with Gasteiger partial charge in [0.25, 0.3) is 0 Å². The zero-order valence-electron chi connectivity index (χ0n) is 15.9. The van der Waals surface area contributed by atoms with E-state index >= 15 is 0 Å². The van der Waals surface area contributed by atoms with Gasteiger partial charge < -0.3 is 9.57 Å². The first-order valence-corrected chi connectivity index (χ1v) is 10.8. The predicted molar refractivity (Wildman–Crippen MR) is 109 cm³/mol. The molecule has 0 heterocycles. The molecule has 11 heteroatoms. The summed E-state index contributed by atoms with van der Waals surface area (Å²) in [6.45, 7) is 2.10. The molecule has 0 saturated heterocycles. The molecule has 0 unspecified atom stereocenters. The molecule has 2 rings (SSSR count). The molecular weight excluding hydrogens is 445 g/mol. The summed E-state index contributed by atoms with van der Waals surface area (Å²) in [5.74, 6) is 0.651. The summed E-state index contributed by atoms with van der Waals surface area (Å²) in [7, 11) is -5.60. The lowest BCUT2D eigenvalue weighted by Gasteiger charge is -2.15. The van der Waals surface area contributed by atoms with Gasteiger partial charge in [0.1, 0.15) is 12.4 Å². The topological polar surface area (TPSA) is 77.0 Å². The Morgan fingerprint density at radius 1 is 1.13 bits per heavy atom. The van der Waals surface area contributed by atoms with E-state index in [9.17, 15) is 21.6 Å². The van der Waals surface area contributed by atoms with Gasteiger partial charge in [0, 0.05) is 10.6 Å². The average molecular weight is 465 g/mol. The summed E-state index contributed by atoms with van der Waals surface area (Å²) < 4.78 is 68.3. The molecule has 164 valence electrons. The van der Waals surface area contributed by atoms with Crippen LogP contribution in [0.4, 0.5) is 18.9 Å². The first kappa shape index (κ1) is 23.8. The monoisotopic (exact) mass is 464 g/mol. The molecule has 2 aromatic rings. The van der Waals surface area contributed by atoms with E-state index in [0.717, 1.165) is 6.07 Å². The number of alkyl halides is 3. The van der Waals surface area contributed by atoms with E-state index in [0.29, 0.717) is 18.6 Å². The van der Waals surface area contributed by atoms with Gasteiger partial charge in [0.2, 0.25) is 0 Å². The maximum Gasteiger partial charge on any atom is 0.516 e. The number of anilines is 1. The molecule has 6 nitrogen and oxygen atoms in total. The van der Waals surface area contributed by atoms with Crippen molar-refractivity contribution in [1.82, 2.24) is 0 Å². The molecule has 0 bridgehead atoms. The Bertz CT molecular complexity index is 967. The Hall–Kier alpha value is -2.46. The van der Waals surface area contributed by atoms with Crippen LogP contribution in [0.2, 0.25) is 5.02 Å². The van der Waals surface area contributed by atoms with E-state index < -0.39 is 15.5 Å². The molecule has 0 aliphatic rings. The van der Waals surface area contributed by atoms with Gasteiger partial charge in [-0.2, -0.15) is 21.6 Å². The van der Waals surface area contributed by atoms with Crippen LogP contribution in [0.5, 0.6) is 5.75 Å². The minimum Gasteiger partial charge on any atom is -0.490 e. The molecule has 2 aromatic carbocycles. The summed E-state index contributed by atoms with van der Waals surface area (Å²) in [5, 5.41) is 4.18. The van der Waals surface area contributed by atoms with Gasteiger partial charge in [-0.05, 0) is 36.8 Å². The summed E-state index contributed by atoms with van der Waals surface area (Å²) in [6, 6.07) is 12.8. The molecule has 1 N–H and O–H groups in total. The van der Waals surface area contributed by atoms with Crippen LogP contribution in [0.1, 0.15) is 25.3 Å². The summed E-state index contributed by atoms with van der Waals surface area (Å²) >= 11 is 5.96. The summed E-state index contributed by atoms with van der Waals surface area (Å²) in [5.41, 5.74) is -5.41. The molecule has 0 aliphatic heterocycles. The zero-order valence-corrected chi connectivity index (χ0v) is 17.5. The fourth-order valence-corrected chi connectivity index (χ4v) is 3.11. The number of sulfonamides is 1. The lowest BCUT2D eigenvalue weighted by molar-refractivity contribution is -0.0429. The summed E-state index contributed by atoms with van der Waals surface area (Å²) in [6.07, 6.45) is 0.904. The van der Waals surface area contributed by atoms with Gasteiger partial charge in [-0.25, -0.2) is 0 Å². The largest absolute Gasteiger partial charge is 0.516 e. The molecule has 0 aliphatic carbocycles. The average Bonchev–Trinajstić information content (AvgIpc) is 2.68. The number of nitrogens with one attached hydrogen (secondary N) is 1. The van der Waals surface area contributed by atoms with Crippen molar-refractivity contribution in [2.24, 2.45) is 5.16 Å². The van der Waals surface area contributed by atoms with Crippen molar-refractivity contribution in [2.75, 3.05) is 17.9 Å². The van der Waals surface area contributed by atoms with Crippen molar-refractivity contribution in [1.29, 1.82) is 0 Å². The molecule has 0 spiro atoms. The molecule has 0 fully saturated rings. The number of rotatable bonds is 10. The molecule has 0 radical (unpaired) electrons. The second kappa shape index (κ2) is 10.5. The van der Waals surface area contributed by atoms with Gasteiger partial charge in [-0.15, -0.1) is 0 Å². The van der Waals surface area contributed by atoms with Gasteiger partial charge in [0.05, 0.1) is 11.4 Å². The Morgan fingerprint density at radius 3 is 2.47 bits per heavy atom. The smallest absolute Gasteiger partial charge is 0.490 e. The van der Waals surface area contributed by atoms with E-state index in [1.807, 2.05) is 25.1 Å². The number of nitrogens with zero attached hydrogens (tertiary/aromatic N) is 1. The minimum atomic E-state index is -5.60. The van der Waals surface area contributed by atoms with Crippen molar-refractivity contribution in [2.45, 2.75) is 25.3 Å². The van der Waals surface area contributed by atoms with Crippen LogP contribution >= 0.6 is 11.6 Å². The van der Waals surface area contributed by atoms with E-state index in [4.69, 9.17) is 21.2 Å². The first-order valence-electron chi connectivity index (χ1n) is 8.89. The highest BCUT2D eigenvalue weighted by Crippen LogP contribution is 2.29. The highest BCUT2D eigenvalue weighted by molar-refractivity contribution is 7.93. The predicted octanol–water partition coefficient (Wildman–Crippen LogP) is 5.20. The number of ether oxygens (including phenoxy) is 1. The molecular formula is C19H20ClF3N2O4S. The molecule has 0 aromatic heterocycles. The normalized spacial score (nSPS) is 12.5. The molecule has 0 atom stereocenters. The Balaban J connectivity index is 2.17. The fraction of sp³-hybridized carbons (Fsp3) is 0.316. The van der Waals surface area contributed by atoms with Crippen LogP contribution < -0.4 is 9.46 Å². The van der Waals surface area contributed by atoms with E-state index in [1.54, 1.807) is 16.9 Å². The van der Waals surface area contributed by atoms with Crippen molar-refractivity contribution >= 4 is 33.0 Å². The van der Waals surface area contributed by atoms with Crippen LogP contribution in [0.3, 0.4) is 0 Å². The van der Waals surface area contributed by atoms with Crippen LogP contribution in [0.15, 0.2) is 53.7 Å². The van der Waals surface area contributed by atoms with Crippen LogP contribution in [0.25, 0.3) is 0 Å². The molecule has 30 heavy (non-hydrogen) atoms. The number of para-hydroxylation sites is 1. The summed E-state index contributed by atoms with van der Waals surface area (Å²) in [4.78, 5) is 5.24. The number of hydrogen-bond acceptors (Lipinski definition) is 5. The van der Waals surface area contributed by atoms with Gasteiger partial charge in [-0.3, -0.25) is 4.72 Å². The maximum atomic E-state index is 12.8. The van der Waals surface area contributed by atoms with E-state index in [2.05, 4.69) is 5.16 Å². The quantitative estimate of drug-likeness (QED) is 0.298. The highest BCUT2D eigenvalue weighted by Gasteiger charge is 2.46. The highest BCUT2D eigenvalue weighted by atomic mass is 35.5. The fourth-order valence-electron chi connectivity index (χ4n) is 2.35. The lowest BCUT2D eigenvalue weighted by atomic mass is 10.0. The number of oxime groups is 1. The van der Waals surface area contributed by atoms with Crippen molar-refractivity contribution in [3.8, 4) is 5.75 Å². The number of hydrogen-bond donors (Lipinski definition) is 1. The van der Waals surface area contributed by atoms with Crippen LogP contribution in [0, 0.1) is 0 Å². The standard InChI is InChI=1S/C19H20ClF3N2O4S/c1-2-6-17(24-29-12-11-28-15-7-4-3-5-8-15)16-13-14(20)9-10-18(16)25-30(26,27)19(21,22)23/h3-5,7-10,13,25H,2,6,11-12H2,1H3. The third-order valence-corrected chi connectivity index (χ3v) is 5.02. The van der Waals surface area contributed by atoms with Crippen molar-refractivity contribution in [3.05, 3.63) is 59.1 Å². The molecule has 0 saturated carbocycles. The maximum absolute atomic E-state index is 12.8. The Morgan fingerprint density at radius 2 is 1.83 bits per heavy atom. The first-order chi connectivity index (χ1) is 14.1. The Kier molecular flexibility index (Phi) is 8.36. The van der Waals surface area contributed by atoms with E-state index in [-0.39, 0.29) is 35.2 Å². The number of benzene rings is 2. The van der Waals surface area contributed by atoms with Gasteiger partial charge in [-0.1, -0.05) is 48.3 Å². The third-order valence-electron chi connectivity index (χ3n) is 3.69. The lowest BCUT2D eigenvalue weighted by Crippen LogP contribution is -2.30. The minimum absolute atomic E-state index is 0.0757. The Labute approximate surface area is 177 Å². The van der Waals surface area contributed by atoms with Crippen LogP contribution in [-0.2, 0) is 14.9 Å². The SMILES string of the molecule is CCCC(=NOCCOc1ccccc1)c1cc(Cl)ccc1NS(=O)(=O)C(F)(F)F. The third kappa shape index (κ3) is 6.81. The zero-order chi connectivity index (χ0) is 22.2. The van der Waals surface area contributed by atoms with Gasteiger partial charge in [0.15, 0.2) is 6.61 Å². The molecule has 0 amide bonds. The number of halogens is 4. The van der Waals surface area contributed by atoms with Crippen molar-refractivity contribution in [3.63, 3.8) is 0 Å². The van der Waals surface area contributed by atoms with E-state index in [1.165, 1.54) is 12.1 Å². The van der Waals surface area contributed by atoms with Crippen LogP contribution in [-0.4, -0.2) is 32.9 Å². The van der Waals surface area contributed by atoms with Gasteiger partial charge >= 0.3 is 15.5 Å². The second-order valence-electron chi connectivity index (χ2n) is 6.02. The second-order valence-corrected chi connectivity index (χ2v) is 8.13. The van der Waals surface area contributed by atoms with Crippen molar-refractivity contribution < 1.29 is 31.2 Å².